The number of hydrogen-bond acceptors (Lipinski definition) is 3. The number of rotatable bonds is 3. The van der Waals surface area contributed by atoms with Crippen LogP contribution in [-0.2, 0) is 16.1 Å². The van der Waals surface area contributed by atoms with Crippen LogP contribution in [0, 0.1) is 5.41 Å². The second-order valence-electron chi connectivity index (χ2n) is 4.78. The molecule has 1 aliphatic heterocycles. The Kier molecular flexibility index (Phi) is 3.80. The standard InChI is InChI=1S/C13H12F3NO4/c14-13(15,16)12(10(18)19)7-17(8-12)11(20)21-6-9-4-2-1-3-5-9/h1-5H,6-8H2,(H,18,19). The second kappa shape index (κ2) is 5.27. The zero-order chi connectivity index (χ0) is 15.7. The van der Waals surface area contributed by atoms with Crippen LogP contribution in [0.4, 0.5) is 18.0 Å². The summed E-state index contributed by atoms with van der Waals surface area (Å²) in [5, 5.41) is 8.73. The Morgan fingerprint density at radius 2 is 1.81 bits per heavy atom. The molecule has 0 bridgehead atoms. The maximum absolute atomic E-state index is 12.7. The maximum atomic E-state index is 12.7. The predicted octanol–water partition coefficient (Wildman–Crippen LogP) is 2.27. The summed E-state index contributed by atoms with van der Waals surface area (Å²) >= 11 is 0. The van der Waals surface area contributed by atoms with Crippen LogP contribution < -0.4 is 0 Å². The van der Waals surface area contributed by atoms with Crippen molar-refractivity contribution in [2.75, 3.05) is 13.1 Å². The molecule has 0 aromatic heterocycles. The van der Waals surface area contributed by atoms with E-state index in [1.54, 1.807) is 30.3 Å². The number of likely N-dealkylation sites (tertiary alicyclic amines) is 1. The highest BCUT2D eigenvalue weighted by atomic mass is 19.4. The highest BCUT2D eigenvalue weighted by molar-refractivity contribution is 5.81. The minimum Gasteiger partial charge on any atom is -0.480 e. The fourth-order valence-corrected chi connectivity index (χ4v) is 1.98. The summed E-state index contributed by atoms with van der Waals surface area (Å²) in [7, 11) is 0. The minimum absolute atomic E-state index is 0.0811. The Balaban J connectivity index is 1.91. The van der Waals surface area contributed by atoms with E-state index in [1.165, 1.54) is 0 Å². The molecule has 0 unspecified atom stereocenters. The van der Waals surface area contributed by atoms with Crippen LogP contribution in [0.5, 0.6) is 0 Å². The van der Waals surface area contributed by atoms with Crippen LogP contribution in [0.2, 0.25) is 0 Å². The number of carbonyl (C=O) groups is 2. The zero-order valence-corrected chi connectivity index (χ0v) is 10.8. The summed E-state index contributed by atoms with van der Waals surface area (Å²) in [5.74, 6) is -1.98. The zero-order valence-electron chi connectivity index (χ0n) is 10.8. The third kappa shape index (κ3) is 2.79. The van der Waals surface area contributed by atoms with E-state index in [9.17, 15) is 22.8 Å². The van der Waals surface area contributed by atoms with Gasteiger partial charge >= 0.3 is 18.2 Å². The molecule has 1 aromatic carbocycles. The van der Waals surface area contributed by atoms with Crippen LogP contribution in [0.25, 0.3) is 0 Å². The topological polar surface area (TPSA) is 66.8 Å². The fraction of sp³-hybridized carbons (Fsp3) is 0.385. The number of nitrogens with zero attached hydrogens (tertiary/aromatic N) is 1. The molecule has 21 heavy (non-hydrogen) atoms. The van der Waals surface area contributed by atoms with Crippen molar-refractivity contribution >= 4 is 12.1 Å². The first kappa shape index (κ1) is 15.1. The lowest BCUT2D eigenvalue weighted by Gasteiger charge is -2.46. The van der Waals surface area contributed by atoms with Crippen molar-refractivity contribution in [3.63, 3.8) is 0 Å². The number of carboxylic acid groups (broad SMARTS) is 1. The highest BCUT2D eigenvalue weighted by Gasteiger charge is 2.68. The Bertz CT molecular complexity index is 538. The van der Waals surface area contributed by atoms with E-state index < -0.39 is 36.7 Å². The van der Waals surface area contributed by atoms with Gasteiger partial charge in [0.1, 0.15) is 6.61 Å². The summed E-state index contributed by atoms with van der Waals surface area (Å²) in [4.78, 5) is 23.1. The maximum Gasteiger partial charge on any atom is 0.410 e. The molecule has 0 atom stereocenters. The first-order valence-electron chi connectivity index (χ1n) is 6.02. The van der Waals surface area contributed by atoms with Gasteiger partial charge in [-0.2, -0.15) is 13.2 Å². The number of alkyl halides is 3. The smallest absolute Gasteiger partial charge is 0.410 e. The van der Waals surface area contributed by atoms with Gasteiger partial charge < -0.3 is 14.7 Å². The first-order chi connectivity index (χ1) is 9.76. The summed E-state index contributed by atoms with van der Waals surface area (Å²) in [6.07, 6.45) is -5.87. The van der Waals surface area contributed by atoms with Gasteiger partial charge in [0, 0.05) is 0 Å². The van der Waals surface area contributed by atoms with E-state index in [2.05, 4.69) is 0 Å². The van der Waals surface area contributed by atoms with Gasteiger partial charge in [0.05, 0.1) is 13.1 Å². The first-order valence-corrected chi connectivity index (χ1v) is 6.02. The fourth-order valence-electron chi connectivity index (χ4n) is 1.98. The second-order valence-corrected chi connectivity index (χ2v) is 4.78. The van der Waals surface area contributed by atoms with E-state index in [1.807, 2.05) is 0 Å². The number of benzene rings is 1. The van der Waals surface area contributed by atoms with Crippen LogP contribution >= 0.6 is 0 Å². The van der Waals surface area contributed by atoms with Crippen LogP contribution in [0.3, 0.4) is 0 Å². The van der Waals surface area contributed by atoms with Crippen LogP contribution in [0.15, 0.2) is 30.3 Å². The SMILES string of the molecule is O=C(OCc1ccccc1)N1CC(C(=O)O)(C(F)(F)F)C1. The number of ether oxygens (including phenoxy) is 1. The predicted molar refractivity (Wildman–Crippen MR) is 64.3 cm³/mol. The number of carboxylic acids is 1. The molecule has 0 aliphatic carbocycles. The van der Waals surface area contributed by atoms with Crippen molar-refractivity contribution in [2.24, 2.45) is 5.41 Å². The van der Waals surface area contributed by atoms with Crippen LogP contribution in [-0.4, -0.2) is 41.3 Å². The summed E-state index contributed by atoms with van der Waals surface area (Å²) < 4.78 is 43.0. The van der Waals surface area contributed by atoms with Crippen molar-refractivity contribution in [3.05, 3.63) is 35.9 Å². The molecule has 1 aromatic rings. The minimum atomic E-state index is -4.91. The van der Waals surface area contributed by atoms with Gasteiger partial charge in [-0.1, -0.05) is 30.3 Å². The van der Waals surface area contributed by atoms with Gasteiger partial charge in [-0.3, -0.25) is 4.79 Å². The van der Waals surface area contributed by atoms with E-state index >= 15 is 0 Å². The third-order valence-electron chi connectivity index (χ3n) is 3.34. The Morgan fingerprint density at radius 1 is 1.24 bits per heavy atom. The molecule has 0 radical (unpaired) electrons. The number of aliphatic carboxylic acids is 1. The molecule has 1 N–H and O–H groups in total. The van der Waals surface area contributed by atoms with E-state index in [-0.39, 0.29) is 6.61 Å². The van der Waals surface area contributed by atoms with Gasteiger partial charge in [-0.05, 0) is 5.56 Å². The molecule has 0 spiro atoms. The molecule has 1 amide bonds. The van der Waals surface area contributed by atoms with Gasteiger partial charge in [-0.15, -0.1) is 0 Å². The number of amides is 1. The lowest BCUT2D eigenvalue weighted by molar-refractivity contribution is -0.261. The molecule has 2 rings (SSSR count). The van der Waals surface area contributed by atoms with Crippen molar-refractivity contribution in [2.45, 2.75) is 12.8 Å². The van der Waals surface area contributed by atoms with Gasteiger partial charge in [0.2, 0.25) is 0 Å². The van der Waals surface area contributed by atoms with E-state index in [0.717, 1.165) is 4.90 Å². The summed E-state index contributed by atoms with van der Waals surface area (Å²) in [5.41, 5.74) is -2.20. The molecule has 1 fully saturated rings. The Morgan fingerprint density at radius 3 is 2.29 bits per heavy atom. The largest absolute Gasteiger partial charge is 0.480 e. The van der Waals surface area contributed by atoms with E-state index in [4.69, 9.17) is 9.84 Å². The van der Waals surface area contributed by atoms with E-state index in [0.29, 0.717) is 5.56 Å². The summed E-state index contributed by atoms with van der Waals surface area (Å²) in [6, 6.07) is 8.62. The number of halogens is 3. The third-order valence-corrected chi connectivity index (χ3v) is 3.34. The Hall–Kier alpha value is -2.25. The molecule has 1 saturated heterocycles. The molecule has 1 aliphatic rings. The molecule has 0 saturated carbocycles. The molecule has 8 heteroatoms. The van der Waals surface area contributed by atoms with Crippen molar-refractivity contribution < 1.29 is 32.6 Å². The lowest BCUT2D eigenvalue weighted by atomic mass is 9.79. The van der Waals surface area contributed by atoms with Crippen molar-refractivity contribution in [1.29, 1.82) is 0 Å². The Labute approximate surface area is 117 Å². The number of hydrogen-bond donors (Lipinski definition) is 1. The molecule has 114 valence electrons. The average molecular weight is 303 g/mol. The quantitative estimate of drug-likeness (QED) is 0.930. The average Bonchev–Trinajstić information content (AvgIpc) is 2.34. The molecular formula is C13H12F3NO4. The number of carbonyl (C=O) groups excluding carboxylic acids is 1. The normalized spacial score (nSPS) is 17.0. The van der Waals surface area contributed by atoms with Crippen LogP contribution in [0.1, 0.15) is 5.56 Å². The lowest BCUT2D eigenvalue weighted by Crippen LogP contribution is -2.68. The van der Waals surface area contributed by atoms with Gasteiger partial charge in [0.25, 0.3) is 0 Å². The molecule has 5 nitrogen and oxygen atoms in total. The van der Waals surface area contributed by atoms with Gasteiger partial charge in [0.15, 0.2) is 5.41 Å². The van der Waals surface area contributed by atoms with Crippen molar-refractivity contribution in [1.82, 2.24) is 4.90 Å². The molecule has 1 heterocycles. The highest BCUT2D eigenvalue weighted by Crippen LogP contribution is 2.45. The summed E-state index contributed by atoms with van der Waals surface area (Å²) in [6.45, 7) is -1.94. The van der Waals surface area contributed by atoms with Crippen molar-refractivity contribution in [3.8, 4) is 0 Å². The van der Waals surface area contributed by atoms with Gasteiger partial charge in [-0.25, -0.2) is 4.79 Å². The molecular weight excluding hydrogens is 291 g/mol. The monoisotopic (exact) mass is 303 g/mol.